The lowest BCUT2D eigenvalue weighted by atomic mass is 10.1. The molecule has 25 heavy (non-hydrogen) atoms. The highest BCUT2D eigenvalue weighted by Crippen LogP contribution is 2.18. The third-order valence-electron chi connectivity index (χ3n) is 3.73. The third kappa shape index (κ3) is 6.19. The number of amides is 2. The van der Waals surface area contributed by atoms with Crippen LogP contribution < -0.4 is 10.2 Å². The molecule has 0 aliphatic heterocycles. The molecule has 0 bridgehead atoms. The van der Waals surface area contributed by atoms with E-state index in [1.807, 2.05) is 0 Å². The van der Waals surface area contributed by atoms with Crippen LogP contribution in [0.5, 0.6) is 0 Å². The fourth-order valence-corrected chi connectivity index (χ4v) is 2.51. The predicted octanol–water partition coefficient (Wildman–Crippen LogP) is 3.58. The van der Waals surface area contributed by atoms with E-state index in [1.54, 1.807) is 36.4 Å². The molecule has 0 aliphatic carbocycles. The molecule has 2 aromatic carbocycles. The van der Waals surface area contributed by atoms with Gasteiger partial charge in [0.15, 0.2) is 0 Å². The zero-order valence-corrected chi connectivity index (χ0v) is 14.7. The average molecular weight is 363 g/mol. The number of benzene rings is 2. The minimum absolute atomic E-state index is 0.137. The van der Waals surface area contributed by atoms with Crippen LogP contribution in [0.25, 0.3) is 0 Å². The van der Waals surface area contributed by atoms with E-state index in [0.29, 0.717) is 30.2 Å². The molecular formula is C19H20ClFN2O2. The van der Waals surface area contributed by atoms with Gasteiger partial charge in [0, 0.05) is 37.1 Å². The minimum Gasteiger partial charge on any atom is -0.356 e. The normalized spacial score (nSPS) is 10.4. The lowest BCUT2D eigenvalue weighted by molar-refractivity contribution is -0.121. The van der Waals surface area contributed by atoms with Crippen molar-refractivity contribution in [2.75, 3.05) is 18.0 Å². The Hall–Kier alpha value is -2.40. The Balaban J connectivity index is 1.79. The molecule has 0 saturated carbocycles. The van der Waals surface area contributed by atoms with Crippen LogP contribution in [-0.2, 0) is 16.0 Å². The van der Waals surface area contributed by atoms with Gasteiger partial charge in [-0.1, -0.05) is 23.7 Å². The molecule has 132 valence electrons. The highest BCUT2D eigenvalue weighted by atomic mass is 35.5. The van der Waals surface area contributed by atoms with Crippen molar-refractivity contribution in [3.63, 3.8) is 0 Å². The first-order valence-corrected chi connectivity index (χ1v) is 8.38. The van der Waals surface area contributed by atoms with Gasteiger partial charge >= 0.3 is 0 Å². The van der Waals surface area contributed by atoms with E-state index in [4.69, 9.17) is 11.6 Å². The molecule has 2 rings (SSSR count). The topological polar surface area (TPSA) is 49.4 Å². The van der Waals surface area contributed by atoms with Crippen LogP contribution in [0.4, 0.5) is 10.1 Å². The summed E-state index contributed by atoms with van der Waals surface area (Å²) in [6.45, 7) is 2.21. The van der Waals surface area contributed by atoms with Gasteiger partial charge in [-0.05, 0) is 48.4 Å². The van der Waals surface area contributed by atoms with E-state index >= 15 is 0 Å². The summed E-state index contributed by atoms with van der Waals surface area (Å²) >= 11 is 5.85. The fourth-order valence-electron chi connectivity index (χ4n) is 2.39. The fraction of sp³-hybridized carbons (Fsp3) is 0.263. The van der Waals surface area contributed by atoms with Crippen molar-refractivity contribution in [1.29, 1.82) is 0 Å². The summed E-state index contributed by atoms with van der Waals surface area (Å²) in [6.07, 6.45) is 0.825. The van der Waals surface area contributed by atoms with E-state index in [1.165, 1.54) is 24.0 Å². The largest absolute Gasteiger partial charge is 0.356 e. The summed E-state index contributed by atoms with van der Waals surface area (Å²) in [5.41, 5.74) is 1.66. The Bertz CT molecular complexity index is 717. The van der Waals surface area contributed by atoms with Crippen molar-refractivity contribution >= 4 is 29.1 Å². The third-order valence-corrected chi connectivity index (χ3v) is 3.98. The van der Waals surface area contributed by atoms with Gasteiger partial charge in [-0.15, -0.1) is 0 Å². The van der Waals surface area contributed by atoms with Gasteiger partial charge in [-0.25, -0.2) is 4.39 Å². The molecule has 0 spiro atoms. The van der Waals surface area contributed by atoms with Crippen LogP contribution >= 0.6 is 11.6 Å². The van der Waals surface area contributed by atoms with Crippen LogP contribution in [0.3, 0.4) is 0 Å². The number of anilines is 1. The Labute approximate surface area is 151 Å². The molecule has 2 amide bonds. The van der Waals surface area contributed by atoms with Crippen molar-refractivity contribution in [2.45, 2.75) is 19.8 Å². The van der Waals surface area contributed by atoms with Gasteiger partial charge in [0.05, 0.1) is 0 Å². The maximum atomic E-state index is 12.8. The van der Waals surface area contributed by atoms with E-state index in [-0.39, 0.29) is 24.1 Å². The van der Waals surface area contributed by atoms with E-state index in [2.05, 4.69) is 5.32 Å². The maximum Gasteiger partial charge on any atom is 0.223 e. The summed E-state index contributed by atoms with van der Waals surface area (Å²) in [5, 5.41) is 3.40. The molecule has 0 unspecified atom stereocenters. The lowest BCUT2D eigenvalue weighted by Gasteiger charge is -2.21. The first-order valence-electron chi connectivity index (χ1n) is 8.00. The molecule has 0 heterocycles. The molecule has 1 N–H and O–H groups in total. The van der Waals surface area contributed by atoms with Gasteiger partial charge in [-0.2, -0.15) is 0 Å². The second-order valence-corrected chi connectivity index (χ2v) is 6.06. The number of nitrogens with zero attached hydrogens (tertiary/aromatic N) is 1. The quantitative estimate of drug-likeness (QED) is 0.818. The number of halogens is 2. The molecule has 4 nitrogen and oxygen atoms in total. The van der Waals surface area contributed by atoms with E-state index in [0.717, 1.165) is 5.56 Å². The van der Waals surface area contributed by atoms with Crippen LogP contribution in [0.2, 0.25) is 5.02 Å². The number of hydrogen-bond donors (Lipinski definition) is 1. The SMILES string of the molecule is CC(=O)N(CCC(=O)NCCc1ccc(F)cc1)c1ccc(Cl)cc1. The van der Waals surface area contributed by atoms with E-state index < -0.39 is 0 Å². The van der Waals surface area contributed by atoms with Crippen LogP contribution in [0.1, 0.15) is 18.9 Å². The molecule has 0 fully saturated rings. The predicted molar refractivity (Wildman–Crippen MR) is 97.2 cm³/mol. The second kappa shape index (κ2) is 9.18. The lowest BCUT2D eigenvalue weighted by Crippen LogP contribution is -2.34. The molecular weight excluding hydrogens is 343 g/mol. The summed E-state index contributed by atoms with van der Waals surface area (Å²) in [7, 11) is 0. The van der Waals surface area contributed by atoms with Gasteiger partial charge < -0.3 is 10.2 Å². The van der Waals surface area contributed by atoms with Crippen molar-refractivity contribution in [1.82, 2.24) is 5.32 Å². The van der Waals surface area contributed by atoms with Crippen molar-refractivity contribution < 1.29 is 14.0 Å². The Morgan fingerprint density at radius 2 is 1.72 bits per heavy atom. The zero-order chi connectivity index (χ0) is 18.2. The van der Waals surface area contributed by atoms with Gasteiger partial charge in [0.1, 0.15) is 5.82 Å². The number of hydrogen-bond acceptors (Lipinski definition) is 2. The van der Waals surface area contributed by atoms with Crippen LogP contribution in [0.15, 0.2) is 48.5 Å². The number of nitrogens with one attached hydrogen (secondary N) is 1. The zero-order valence-electron chi connectivity index (χ0n) is 14.0. The second-order valence-electron chi connectivity index (χ2n) is 5.62. The van der Waals surface area contributed by atoms with Gasteiger partial charge in [0.25, 0.3) is 0 Å². The van der Waals surface area contributed by atoms with Crippen LogP contribution in [0, 0.1) is 5.82 Å². The highest BCUT2D eigenvalue weighted by Gasteiger charge is 2.13. The molecule has 0 atom stereocenters. The smallest absolute Gasteiger partial charge is 0.223 e. The van der Waals surface area contributed by atoms with Gasteiger partial charge in [0.2, 0.25) is 11.8 Å². The highest BCUT2D eigenvalue weighted by molar-refractivity contribution is 6.30. The standard InChI is InChI=1S/C19H20ClFN2O2/c1-14(24)23(18-8-4-16(20)5-9-18)13-11-19(25)22-12-10-15-2-6-17(21)7-3-15/h2-9H,10-13H2,1H3,(H,22,25). The monoisotopic (exact) mass is 362 g/mol. The Morgan fingerprint density at radius 3 is 2.32 bits per heavy atom. The van der Waals surface area contributed by atoms with Gasteiger partial charge in [-0.3, -0.25) is 9.59 Å². The van der Waals surface area contributed by atoms with Crippen molar-refractivity contribution in [3.05, 3.63) is 64.9 Å². The summed E-state index contributed by atoms with van der Waals surface area (Å²) < 4.78 is 12.8. The number of rotatable bonds is 7. The van der Waals surface area contributed by atoms with E-state index in [9.17, 15) is 14.0 Å². The first kappa shape index (κ1) is 18.9. The summed E-state index contributed by atoms with van der Waals surface area (Å²) in [4.78, 5) is 25.3. The molecule has 0 saturated heterocycles. The summed E-state index contributed by atoms with van der Waals surface area (Å²) in [5.74, 6) is -0.553. The number of carbonyl (C=O) groups excluding carboxylic acids is 2. The minimum atomic E-state index is -0.278. The van der Waals surface area contributed by atoms with Crippen LogP contribution in [-0.4, -0.2) is 24.9 Å². The molecule has 6 heteroatoms. The molecule has 0 radical (unpaired) electrons. The Morgan fingerprint density at radius 1 is 1.08 bits per heavy atom. The summed E-state index contributed by atoms with van der Waals surface area (Å²) in [6, 6.07) is 13.1. The van der Waals surface area contributed by atoms with Crippen molar-refractivity contribution in [3.8, 4) is 0 Å². The van der Waals surface area contributed by atoms with Crippen molar-refractivity contribution in [2.24, 2.45) is 0 Å². The Kier molecular flexibility index (Phi) is 6.95. The first-order chi connectivity index (χ1) is 12.0. The molecule has 2 aromatic rings. The molecule has 0 aliphatic rings. The number of carbonyl (C=O) groups is 2. The molecule has 0 aromatic heterocycles. The maximum absolute atomic E-state index is 12.8. The average Bonchev–Trinajstić information content (AvgIpc) is 2.58.